The third kappa shape index (κ3) is 5.12. The molecule has 0 aromatic heterocycles. The van der Waals surface area contributed by atoms with E-state index in [1.54, 1.807) is 4.90 Å². The number of likely N-dealkylation sites (tertiary alicyclic amines) is 2. The lowest BCUT2D eigenvalue weighted by atomic mass is 9.81. The Balaban J connectivity index is 1.28. The molecule has 3 amide bonds. The van der Waals surface area contributed by atoms with Crippen LogP contribution in [-0.2, 0) is 19.2 Å². The maximum absolute atomic E-state index is 12.9. The average molecular weight is 454 g/mol. The molecule has 1 unspecified atom stereocenters. The molecule has 1 atom stereocenters. The van der Waals surface area contributed by atoms with Gasteiger partial charge in [-0.3, -0.25) is 19.2 Å². The van der Waals surface area contributed by atoms with E-state index in [4.69, 9.17) is 0 Å². The highest BCUT2D eigenvalue weighted by atomic mass is 16.2. The summed E-state index contributed by atoms with van der Waals surface area (Å²) in [6.45, 7) is 5.09. The number of benzene rings is 1. The molecule has 1 aliphatic carbocycles. The highest BCUT2D eigenvalue weighted by Gasteiger charge is 2.46. The predicted octanol–water partition coefficient (Wildman–Crippen LogP) is 2.50. The third-order valence-corrected chi connectivity index (χ3v) is 7.54. The smallest absolute Gasteiger partial charge is 0.291 e. The van der Waals surface area contributed by atoms with Gasteiger partial charge in [-0.15, -0.1) is 0 Å². The minimum atomic E-state index is -0.917. The lowest BCUT2D eigenvalue weighted by Crippen LogP contribution is -2.48. The lowest BCUT2D eigenvalue weighted by Gasteiger charge is -2.37. The zero-order valence-corrected chi connectivity index (χ0v) is 19.7. The summed E-state index contributed by atoms with van der Waals surface area (Å²) < 4.78 is 0. The molecule has 33 heavy (non-hydrogen) atoms. The Bertz CT molecular complexity index is 884. The Hall–Kier alpha value is -2.70. The Morgan fingerprint density at radius 3 is 2.18 bits per heavy atom. The van der Waals surface area contributed by atoms with Crippen LogP contribution >= 0.6 is 0 Å². The van der Waals surface area contributed by atoms with Crippen LogP contribution in [0.4, 0.5) is 0 Å². The van der Waals surface area contributed by atoms with E-state index >= 15 is 0 Å². The average Bonchev–Trinajstić information content (AvgIpc) is 3.14. The minimum Gasteiger partial charge on any atom is -0.353 e. The Morgan fingerprint density at radius 1 is 0.939 bits per heavy atom. The van der Waals surface area contributed by atoms with E-state index in [2.05, 4.69) is 29.6 Å². The van der Waals surface area contributed by atoms with Gasteiger partial charge in [-0.2, -0.15) is 0 Å². The van der Waals surface area contributed by atoms with Crippen molar-refractivity contribution in [3.63, 3.8) is 0 Å². The first-order valence-corrected chi connectivity index (χ1v) is 12.3. The summed E-state index contributed by atoms with van der Waals surface area (Å²) in [6, 6.07) is 10.4. The molecule has 1 aromatic carbocycles. The van der Waals surface area contributed by atoms with Crippen molar-refractivity contribution >= 4 is 23.5 Å². The van der Waals surface area contributed by atoms with E-state index in [0.717, 1.165) is 25.7 Å². The number of rotatable bonds is 5. The van der Waals surface area contributed by atoms with Gasteiger partial charge in [-0.05, 0) is 50.0 Å². The van der Waals surface area contributed by atoms with E-state index in [-0.39, 0.29) is 36.4 Å². The molecule has 2 heterocycles. The van der Waals surface area contributed by atoms with Crippen LogP contribution in [0.25, 0.3) is 0 Å². The number of hydrogen-bond donors (Lipinski definition) is 1. The number of piperidine rings is 1. The largest absolute Gasteiger partial charge is 0.353 e. The number of carbonyl (C=O) groups is 4. The van der Waals surface area contributed by atoms with Crippen molar-refractivity contribution in [1.82, 2.24) is 15.1 Å². The minimum absolute atomic E-state index is 0.0487. The van der Waals surface area contributed by atoms with Gasteiger partial charge in [-0.25, -0.2) is 0 Å². The second-order valence-electron chi connectivity index (χ2n) is 10.1. The Labute approximate surface area is 195 Å². The summed E-state index contributed by atoms with van der Waals surface area (Å²) in [4.78, 5) is 53.8. The molecule has 4 rings (SSSR count). The molecule has 3 aliphatic rings. The molecule has 1 aromatic rings. The second kappa shape index (κ2) is 10.1. The summed E-state index contributed by atoms with van der Waals surface area (Å²) in [6.07, 6.45) is 5.07. The van der Waals surface area contributed by atoms with Crippen LogP contribution in [0.1, 0.15) is 63.9 Å². The highest BCUT2D eigenvalue weighted by Crippen LogP contribution is 2.33. The molecule has 2 aliphatic heterocycles. The molecular formula is C26H35N3O4. The normalized spacial score (nSPS) is 26.7. The number of amides is 3. The topological polar surface area (TPSA) is 86.8 Å². The number of ketones is 1. The Kier molecular flexibility index (Phi) is 7.15. The molecule has 3 fully saturated rings. The van der Waals surface area contributed by atoms with Gasteiger partial charge in [0, 0.05) is 37.6 Å². The standard InChI is InChI=1S/C26H35N3O4/c1-17(2)25(32)28-14-12-21(13-15-28)29-16-22(23(30)26(29)33)24(31)27-20-10-8-19(9-11-20)18-6-4-3-5-7-18/h3-7,17,19-22H,8-16H2,1-2H3,(H,27,31). The van der Waals surface area contributed by atoms with Crippen LogP contribution in [0.2, 0.25) is 0 Å². The van der Waals surface area contributed by atoms with Gasteiger partial charge >= 0.3 is 0 Å². The van der Waals surface area contributed by atoms with Crippen molar-refractivity contribution in [2.24, 2.45) is 11.8 Å². The van der Waals surface area contributed by atoms with Crippen molar-refractivity contribution in [2.75, 3.05) is 19.6 Å². The van der Waals surface area contributed by atoms with Gasteiger partial charge in [0.2, 0.25) is 17.6 Å². The van der Waals surface area contributed by atoms with Crippen LogP contribution in [0.5, 0.6) is 0 Å². The third-order valence-electron chi connectivity index (χ3n) is 7.54. The molecule has 178 valence electrons. The van der Waals surface area contributed by atoms with Gasteiger partial charge in [-0.1, -0.05) is 44.2 Å². The summed E-state index contributed by atoms with van der Waals surface area (Å²) in [5.41, 5.74) is 1.34. The molecule has 7 heteroatoms. The number of nitrogens with zero attached hydrogens (tertiary/aromatic N) is 2. The monoisotopic (exact) mass is 453 g/mol. The highest BCUT2D eigenvalue weighted by molar-refractivity contribution is 6.42. The number of Topliss-reactive ketones (excluding diaryl/α,β-unsaturated/α-hetero) is 1. The van der Waals surface area contributed by atoms with Gasteiger partial charge < -0.3 is 15.1 Å². The lowest BCUT2D eigenvalue weighted by molar-refractivity contribution is -0.144. The zero-order chi connectivity index (χ0) is 23.5. The summed E-state index contributed by atoms with van der Waals surface area (Å²) >= 11 is 0. The summed E-state index contributed by atoms with van der Waals surface area (Å²) in [5, 5.41) is 3.05. The van der Waals surface area contributed by atoms with Crippen molar-refractivity contribution in [3.05, 3.63) is 35.9 Å². The van der Waals surface area contributed by atoms with E-state index in [1.165, 1.54) is 5.56 Å². The maximum Gasteiger partial charge on any atom is 0.291 e. The van der Waals surface area contributed by atoms with Crippen LogP contribution in [0.15, 0.2) is 30.3 Å². The van der Waals surface area contributed by atoms with E-state index in [0.29, 0.717) is 31.8 Å². The SMILES string of the molecule is CC(C)C(=O)N1CCC(N2CC(C(=O)NC3CCC(c4ccccc4)CC3)C(=O)C2=O)CC1. The maximum atomic E-state index is 12.9. The molecule has 0 radical (unpaired) electrons. The number of hydrogen-bond acceptors (Lipinski definition) is 4. The van der Waals surface area contributed by atoms with Gasteiger partial charge in [0.1, 0.15) is 5.92 Å². The van der Waals surface area contributed by atoms with Crippen LogP contribution in [0.3, 0.4) is 0 Å². The summed E-state index contributed by atoms with van der Waals surface area (Å²) in [7, 11) is 0. The van der Waals surface area contributed by atoms with E-state index in [1.807, 2.05) is 24.8 Å². The fourth-order valence-corrected chi connectivity index (χ4v) is 5.53. The van der Waals surface area contributed by atoms with Crippen LogP contribution in [0, 0.1) is 11.8 Å². The Morgan fingerprint density at radius 2 is 1.58 bits per heavy atom. The fourth-order valence-electron chi connectivity index (χ4n) is 5.53. The molecule has 0 bridgehead atoms. The molecule has 0 spiro atoms. The first kappa shape index (κ1) is 23.5. The number of carbonyl (C=O) groups excluding carboxylic acids is 4. The first-order chi connectivity index (χ1) is 15.8. The van der Waals surface area contributed by atoms with Gasteiger partial charge in [0.25, 0.3) is 5.91 Å². The molecular weight excluding hydrogens is 418 g/mol. The van der Waals surface area contributed by atoms with Crippen molar-refractivity contribution in [3.8, 4) is 0 Å². The van der Waals surface area contributed by atoms with Crippen molar-refractivity contribution < 1.29 is 19.2 Å². The second-order valence-corrected chi connectivity index (χ2v) is 10.1. The van der Waals surface area contributed by atoms with E-state index in [9.17, 15) is 19.2 Å². The van der Waals surface area contributed by atoms with Gasteiger partial charge in [0.15, 0.2) is 0 Å². The van der Waals surface area contributed by atoms with Crippen LogP contribution in [-0.4, -0.2) is 65.0 Å². The van der Waals surface area contributed by atoms with Crippen molar-refractivity contribution in [1.29, 1.82) is 0 Å². The molecule has 2 saturated heterocycles. The van der Waals surface area contributed by atoms with Gasteiger partial charge in [0.05, 0.1) is 0 Å². The zero-order valence-electron chi connectivity index (χ0n) is 19.7. The van der Waals surface area contributed by atoms with Crippen LogP contribution < -0.4 is 5.32 Å². The molecule has 1 N–H and O–H groups in total. The fraction of sp³-hybridized carbons (Fsp3) is 0.615. The molecule has 7 nitrogen and oxygen atoms in total. The first-order valence-electron chi connectivity index (χ1n) is 12.3. The predicted molar refractivity (Wildman–Crippen MR) is 124 cm³/mol. The van der Waals surface area contributed by atoms with Crippen molar-refractivity contribution in [2.45, 2.75) is 70.4 Å². The van der Waals surface area contributed by atoms with E-state index < -0.39 is 17.6 Å². The molecule has 1 saturated carbocycles. The summed E-state index contributed by atoms with van der Waals surface area (Å²) in [5.74, 6) is -1.78. The number of nitrogens with one attached hydrogen (secondary N) is 1. The quantitative estimate of drug-likeness (QED) is 0.548.